The first-order valence-electron chi connectivity index (χ1n) is 5.53. The van der Waals surface area contributed by atoms with Crippen LogP contribution in [0.2, 0.25) is 0 Å². The number of nitrogens with zero attached hydrogens (tertiary/aromatic N) is 2. The molecule has 0 radical (unpaired) electrons. The quantitative estimate of drug-likeness (QED) is 0.761. The summed E-state index contributed by atoms with van der Waals surface area (Å²) in [6.07, 6.45) is 0. The van der Waals surface area contributed by atoms with Crippen LogP contribution in [0.1, 0.15) is 30.1 Å². The number of ketones is 1. The molecule has 0 aliphatic rings. The Kier molecular flexibility index (Phi) is 3.04. The van der Waals surface area contributed by atoms with Crippen molar-refractivity contribution < 1.29 is 9.21 Å². The molecule has 0 saturated carbocycles. The molecule has 2 aromatic rings. The highest BCUT2D eigenvalue weighted by molar-refractivity contribution is 5.93. The highest BCUT2D eigenvalue weighted by atomic mass is 16.4. The summed E-state index contributed by atoms with van der Waals surface area (Å²) < 4.78 is 5.40. The summed E-state index contributed by atoms with van der Waals surface area (Å²) in [6, 6.07) is 7.70. The smallest absolute Gasteiger partial charge is 0.284 e. The summed E-state index contributed by atoms with van der Waals surface area (Å²) in [7, 11) is 0. The van der Waals surface area contributed by atoms with E-state index >= 15 is 0 Å². The van der Waals surface area contributed by atoms with Gasteiger partial charge < -0.3 is 4.42 Å². The second kappa shape index (κ2) is 4.49. The van der Waals surface area contributed by atoms with Gasteiger partial charge in [-0.25, -0.2) is 0 Å². The third kappa shape index (κ3) is 2.25. The third-order valence-electron chi connectivity index (χ3n) is 2.54. The van der Waals surface area contributed by atoms with Gasteiger partial charge in [-0.3, -0.25) is 4.79 Å². The molecule has 0 N–H and O–H groups in total. The number of carbonyl (C=O) groups is 1. The summed E-state index contributed by atoms with van der Waals surface area (Å²) in [6.45, 7) is 5.57. The Morgan fingerprint density at radius 3 is 2.59 bits per heavy atom. The van der Waals surface area contributed by atoms with Gasteiger partial charge in [0.05, 0.1) is 0 Å². The van der Waals surface area contributed by atoms with Crippen LogP contribution in [0.25, 0.3) is 11.5 Å². The maximum absolute atomic E-state index is 11.7. The molecule has 0 atom stereocenters. The van der Waals surface area contributed by atoms with Crippen LogP contribution in [-0.4, -0.2) is 16.0 Å². The van der Waals surface area contributed by atoms with Gasteiger partial charge in [-0.05, 0) is 18.6 Å². The van der Waals surface area contributed by atoms with Crippen molar-refractivity contribution in [2.24, 2.45) is 5.92 Å². The monoisotopic (exact) mass is 230 g/mol. The number of hydrogen-bond acceptors (Lipinski definition) is 4. The molecule has 1 heterocycles. The number of hydrogen-bond donors (Lipinski definition) is 0. The van der Waals surface area contributed by atoms with Gasteiger partial charge in [0.1, 0.15) is 0 Å². The molecule has 2 rings (SSSR count). The summed E-state index contributed by atoms with van der Waals surface area (Å²) in [5.41, 5.74) is 1.91. The Labute approximate surface area is 99.7 Å². The van der Waals surface area contributed by atoms with Crippen molar-refractivity contribution >= 4 is 5.78 Å². The van der Waals surface area contributed by atoms with Crippen molar-refractivity contribution in [2.45, 2.75) is 20.8 Å². The van der Waals surface area contributed by atoms with E-state index in [-0.39, 0.29) is 17.6 Å². The van der Waals surface area contributed by atoms with E-state index in [0.717, 1.165) is 11.1 Å². The number of rotatable bonds is 3. The standard InChI is InChI=1S/C13H14N2O2/c1-8(2)11(16)13-15-14-12(17-13)10-7-5-4-6-9(10)3/h4-8H,1-3H3. The lowest BCUT2D eigenvalue weighted by atomic mass is 10.1. The molecule has 0 spiro atoms. The topological polar surface area (TPSA) is 56.0 Å². The van der Waals surface area contributed by atoms with Crippen LogP contribution >= 0.6 is 0 Å². The molecule has 0 aliphatic carbocycles. The van der Waals surface area contributed by atoms with E-state index < -0.39 is 0 Å². The van der Waals surface area contributed by atoms with Crippen molar-refractivity contribution in [3.05, 3.63) is 35.7 Å². The summed E-state index contributed by atoms with van der Waals surface area (Å²) in [5, 5.41) is 7.70. The minimum absolute atomic E-state index is 0.0817. The largest absolute Gasteiger partial charge is 0.414 e. The molecule has 88 valence electrons. The van der Waals surface area contributed by atoms with Crippen LogP contribution in [0.15, 0.2) is 28.7 Å². The Bertz CT molecular complexity index is 544. The van der Waals surface area contributed by atoms with Gasteiger partial charge in [-0.2, -0.15) is 0 Å². The van der Waals surface area contributed by atoms with E-state index in [1.165, 1.54) is 0 Å². The maximum Gasteiger partial charge on any atom is 0.284 e. The number of carbonyl (C=O) groups excluding carboxylic acids is 1. The molecule has 0 aliphatic heterocycles. The fourth-order valence-electron chi connectivity index (χ4n) is 1.49. The van der Waals surface area contributed by atoms with Gasteiger partial charge >= 0.3 is 0 Å². The van der Waals surface area contributed by atoms with Crippen LogP contribution in [0.3, 0.4) is 0 Å². The fourth-order valence-corrected chi connectivity index (χ4v) is 1.49. The van der Waals surface area contributed by atoms with Crippen molar-refractivity contribution in [3.8, 4) is 11.5 Å². The van der Waals surface area contributed by atoms with Gasteiger partial charge in [0.15, 0.2) is 0 Å². The molecular formula is C13H14N2O2. The lowest BCUT2D eigenvalue weighted by Gasteiger charge is -1.99. The Morgan fingerprint density at radius 2 is 1.94 bits per heavy atom. The fraction of sp³-hybridized carbons (Fsp3) is 0.308. The first kappa shape index (κ1) is 11.5. The minimum atomic E-state index is -0.139. The van der Waals surface area contributed by atoms with Crippen molar-refractivity contribution in [1.29, 1.82) is 0 Å². The Balaban J connectivity index is 2.37. The molecule has 1 aromatic heterocycles. The zero-order chi connectivity index (χ0) is 12.4. The Hall–Kier alpha value is -1.97. The molecule has 4 heteroatoms. The molecule has 1 aromatic carbocycles. The van der Waals surface area contributed by atoms with Crippen LogP contribution in [-0.2, 0) is 0 Å². The lowest BCUT2D eigenvalue weighted by molar-refractivity contribution is 0.0905. The maximum atomic E-state index is 11.7. The zero-order valence-electron chi connectivity index (χ0n) is 10.1. The average molecular weight is 230 g/mol. The highest BCUT2D eigenvalue weighted by Gasteiger charge is 2.19. The van der Waals surface area contributed by atoms with Gasteiger partial charge in [-0.15, -0.1) is 10.2 Å². The molecule has 0 amide bonds. The number of aromatic nitrogens is 2. The number of aryl methyl sites for hydroxylation is 1. The second-order valence-electron chi connectivity index (χ2n) is 4.25. The molecule has 0 fully saturated rings. The van der Waals surface area contributed by atoms with Crippen LogP contribution in [0.5, 0.6) is 0 Å². The van der Waals surface area contributed by atoms with Crippen LogP contribution in [0.4, 0.5) is 0 Å². The van der Waals surface area contributed by atoms with Gasteiger partial charge in [0.25, 0.3) is 5.89 Å². The van der Waals surface area contributed by atoms with E-state index in [9.17, 15) is 4.79 Å². The van der Waals surface area contributed by atoms with Gasteiger partial charge in [0, 0.05) is 11.5 Å². The van der Waals surface area contributed by atoms with Crippen LogP contribution in [0, 0.1) is 12.8 Å². The molecule has 0 unspecified atom stereocenters. The van der Waals surface area contributed by atoms with Crippen molar-refractivity contribution in [1.82, 2.24) is 10.2 Å². The van der Waals surface area contributed by atoms with Gasteiger partial charge in [0.2, 0.25) is 11.7 Å². The molecule has 4 nitrogen and oxygen atoms in total. The SMILES string of the molecule is Cc1ccccc1-c1nnc(C(=O)C(C)C)o1. The van der Waals surface area contributed by atoms with Crippen LogP contribution < -0.4 is 0 Å². The minimum Gasteiger partial charge on any atom is -0.414 e. The highest BCUT2D eigenvalue weighted by Crippen LogP contribution is 2.22. The predicted molar refractivity (Wildman–Crippen MR) is 63.6 cm³/mol. The van der Waals surface area contributed by atoms with E-state index in [1.807, 2.05) is 31.2 Å². The molecule has 0 bridgehead atoms. The summed E-state index contributed by atoms with van der Waals surface area (Å²) in [4.78, 5) is 11.7. The van der Waals surface area contributed by atoms with Crippen molar-refractivity contribution in [2.75, 3.05) is 0 Å². The van der Waals surface area contributed by atoms with Crippen molar-refractivity contribution in [3.63, 3.8) is 0 Å². The first-order chi connectivity index (χ1) is 8.09. The average Bonchev–Trinajstić information content (AvgIpc) is 2.77. The predicted octanol–water partition coefficient (Wildman–Crippen LogP) is 2.88. The summed E-state index contributed by atoms with van der Waals surface area (Å²) in [5.74, 6) is 0.211. The summed E-state index contributed by atoms with van der Waals surface area (Å²) >= 11 is 0. The molecule has 17 heavy (non-hydrogen) atoms. The zero-order valence-corrected chi connectivity index (χ0v) is 10.1. The molecule has 0 saturated heterocycles. The van der Waals surface area contributed by atoms with Gasteiger partial charge in [-0.1, -0.05) is 32.0 Å². The van der Waals surface area contributed by atoms with E-state index in [4.69, 9.17) is 4.42 Å². The lowest BCUT2D eigenvalue weighted by Crippen LogP contribution is -2.07. The normalized spacial score (nSPS) is 10.8. The Morgan fingerprint density at radius 1 is 1.24 bits per heavy atom. The molecular weight excluding hydrogens is 216 g/mol. The van der Waals surface area contributed by atoms with E-state index in [2.05, 4.69) is 10.2 Å². The number of benzene rings is 1. The first-order valence-corrected chi connectivity index (χ1v) is 5.53. The second-order valence-corrected chi connectivity index (χ2v) is 4.25. The third-order valence-corrected chi connectivity index (χ3v) is 2.54. The number of Topliss-reactive ketones (excluding diaryl/α,β-unsaturated/α-hetero) is 1. The van der Waals surface area contributed by atoms with E-state index in [1.54, 1.807) is 13.8 Å². The van der Waals surface area contributed by atoms with E-state index in [0.29, 0.717) is 5.89 Å².